The van der Waals surface area contributed by atoms with Crippen molar-refractivity contribution in [3.63, 3.8) is 0 Å². The third-order valence-corrected chi connectivity index (χ3v) is 5.33. The molecular formula is C18H30ClNO2Si. The van der Waals surface area contributed by atoms with Crippen LogP contribution >= 0.6 is 11.6 Å². The first-order valence-electron chi connectivity index (χ1n) is 8.60. The maximum Gasteiger partial charge on any atom is 0.200 e. The van der Waals surface area contributed by atoms with Crippen molar-refractivity contribution in [3.8, 4) is 0 Å². The predicted octanol–water partition coefficient (Wildman–Crippen LogP) is 4.99. The highest BCUT2D eigenvalue weighted by molar-refractivity contribution is 6.48. The summed E-state index contributed by atoms with van der Waals surface area (Å²) < 4.78 is 6.26. The van der Waals surface area contributed by atoms with E-state index in [0.29, 0.717) is 11.4 Å². The molecule has 0 saturated heterocycles. The Bertz CT molecular complexity index is 558. The van der Waals surface area contributed by atoms with Crippen molar-refractivity contribution in [2.24, 2.45) is 5.41 Å². The zero-order valence-electron chi connectivity index (χ0n) is 15.2. The Labute approximate surface area is 147 Å². The van der Waals surface area contributed by atoms with Gasteiger partial charge in [0, 0.05) is 10.6 Å². The molecule has 2 rings (SSSR count). The molecule has 2 unspecified atom stereocenters. The zero-order chi connectivity index (χ0) is 17.4. The molecule has 1 heterocycles. The number of unbranched alkanes of at least 4 members (excludes halogenated alkanes) is 1. The summed E-state index contributed by atoms with van der Waals surface area (Å²) in [6, 6.07) is 5.91. The van der Waals surface area contributed by atoms with Gasteiger partial charge in [-0.25, -0.2) is 0 Å². The zero-order valence-corrected chi connectivity index (χ0v) is 17.1. The smallest absolute Gasteiger partial charge is 0.200 e. The summed E-state index contributed by atoms with van der Waals surface area (Å²) in [6.07, 6.45) is 2.58. The first-order chi connectivity index (χ1) is 10.6. The Kier molecular flexibility index (Phi) is 5.64. The first kappa shape index (κ1) is 18.9. The predicted molar refractivity (Wildman–Crippen MR) is 98.9 cm³/mol. The highest BCUT2D eigenvalue weighted by atomic mass is 35.5. The lowest BCUT2D eigenvalue weighted by Gasteiger charge is -2.42. The SMILES string of the molecule is CCCCC1(O)c2c(Cl)cccc2C(C(C)(C)C)N1O[SiH](C)C. The average molecular weight is 356 g/mol. The second kappa shape index (κ2) is 6.85. The Morgan fingerprint density at radius 2 is 2.00 bits per heavy atom. The molecule has 0 saturated carbocycles. The molecule has 0 amide bonds. The maximum absolute atomic E-state index is 11.6. The quantitative estimate of drug-likeness (QED) is 0.755. The minimum absolute atomic E-state index is 0.00652. The van der Waals surface area contributed by atoms with Crippen LogP contribution in [0.4, 0.5) is 0 Å². The third-order valence-electron chi connectivity index (χ3n) is 4.36. The number of benzene rings is 1. The van der Waals surface area contributed by atoms with Gasteiger partial charge in [-0.2, -0.15) is 5.06 Å². The molecule has 1 aliphatic heterocycles. The van der Waals surface area contributed by atoms with Gasteiger partial charge in [-0.3, -0.25) is 0 Å². The van der Waals surface area contributed by atoms with E-state index < -0.39 is 14.8 Å². The number of rotatable bonds is 5. The Balaban J connectivity index is 2.63. The number of hydroxylamine groups is 2. The number of aliphatic hydroxyl groups is 1. The Hall–Kier alpha value is -0.393. The molecule has 1 aromatic rings. The van der Waals surface area contributed by atoms with Crippen molar-refractivity contribution in [1.82, 2.24) is 5.06 Å². The van der Waals surface area contributed by atoms with E-state index in [1.54, 1.807) is 0 Å². The second-order valence-corrected chi connectivity index (χ2v) is 10.6. The van der Waals surface area contributed by atoms with Crippen molar-refractivity contribution < 1.29 is 9.63 Å². The monoisotopic (exact) mass is 355 g/mol. The number of hydrogen-bond donors (Lipinski definition) is 1. The van der Waals surface area contributed by atoms with Crippen molar-refractivity contribution >= 4 is 20.6 Å². The normalized spacial score (nSPS) is 25.2. The van der Waals surface area contributed by atoms with E-state index in [9.17, 15) is 5.11 Å². The minimum atomic E-state index is -1.37. The van der Waals surface area contributed by atoms with Crippen molar-refractivity contribution in [2.75, 3.05) is 0 Å². The van der Waals surface area contributed by atoms with Gasteiger partial charge in [-0.1, -0.05) is 57.8 Å². The standard InChI is InChI=1S/C18H30ClNO2Si/c1-7-8-12-18(21)15-13(10-9-11-14(15)19)16(17(2,3)4)20(18)22-23(5)6/h9-11,16,21,23H,7-8,12H2,1-6H3. The molecule has 5 heteroatoms. The van der Waals surface area contributed by atoms with Gasteiger partial charge in [-0.15, -0.1) is 0 Å². The summed E-state index contributed by atoms with van der Waals surface area (Å²) in [7, 11) is -1.37. The lowest BCUT2D eigenvalue weighted by molar-refractivity contribution is -0.278. The van der Waals surface area contributed by atoms with Gasteiger partial charge < -0.3 is 9.63 Å². The third kappa shape index (κ3) is 3.52. The van der Waals surface area contributed by atoms with Gasteiger partial charge >= 0.3 is 0 Å². The van der Waals surface area contributed by atoms with Crippen LogP contribution < -0.4 is 0 Å². The molecule has 0 aliphatic carbocycles. The van der Waals surface area contributed by atoms with Gasteiger partial charge in [0.2, 0.25) is 0 Å². The largest absolute Gasteiger partial charge is 0.369 e. The molecule has 1 N–H and O–H groups in total. The van der Waals surface area contributed by atoms with E-state index in [1.807, 2.05) is 17.2 Å². The molecule has 1 aliphatic rings. The summed E-state index contributed by atoms with van der Waals surface area (Å²) in [5.74, 6) is 0. The Morgan fingerprint density at radius 1 is 1.35 bits per heavy atom. The Morgan fingerprint density at radius 3 is 2.52 bits per heavy atom. The summed E-state index contributed by atoms with van der Waals surface area (Å²) in [5.41, 5.74) is 0.723. The lowest BCUT2D eigenvalue weighted by atomic mass is 9.83. The topological polar surface area (TPSA) is 32.7 Å². The van der Waals surface area contributed by atoms with Gasteiger partial charge in [0.05, 0.1) is 6.04 Å². The average Bonchev–Trinajstić information content (AvgIpc) is 2.67. The van der Waals surface area contributed by atoms with Crippen molar-refractivity contribution in [2.45, 2.75) is 71.8 Å². The van der Waals surface area contributed by atoms with E-state index in [4.69, 9.17) is 16.1 Å². The fraction of sp³-hybridized carbons (Fsp3) is 0.667. The first-order valence-corrected chi connectivity index (χ1v) is 11.8. The second-order valence-electron chi connectivity index (χ2n) is 7.87. The van der Waals surface area contributed by atoms with Gasteiger partial charge in [0.1, 0.15) is 0 Å². The fourth-order valence-electron chi connectivity index (χ4n) is 3.49. The van der Waals surface area contributed by atoms with Gasteiger partial charge in [0.25, 0.3) is 0 Å². The van der Waals surface area contributed by atoms with Crippen LogP contribution in [0.5, 0.6) is 0 Å². The van der Waals surface area contributed by atoms with E-state index in [1.165, 1.54) is 0 Å². The molecular weight excluding hydrogens is 326 g/mol. The van der Waals surface area contributed by atoms with Crippen molar-refractivity contribution in [1.29, 1.82) is 0 Å². The summed E-state index contributed by atoms with van der Waals surface area (Å²) in [4.78, 5) is 0. The van der Waals surface area contributed by atoms with Gasteiger partial charge in [-0.05, 0) is 43.0 Å². The van der Waals surface area contributed by atoms with E-state index in [0.717, 1.165) is 24.0 Å². The van der Waals surface area contributed by atoms with Gasteiger partial charge in [0.15, 0.2) is 14.8 Å². The van der Waals surface area contributed by atoms with Crippen LogP contribution in [0.3, 0.4) is 0 Å². The molecule has 0 aromatic heterocycles. The fourth-order valence-corrected chi connectivity index (χ4v) is 4.58. The van der Waals surface area contributed by atoms with E-state index >= 15 is 0 Å². The van der Waals surface area contributed by atoms with Crippen molar-refractivity contribution in [3.05, 3.63) is 34.3 Å². The van der Waals surface area contributed by atoms with Crippen LogP contribution in [0, 0.1) is 5.41 Å². The molecule has 1 aromatic carbocycles. The highest BCUT2D eigenvalue weighted by Gasteiger charge is 2.54. The van der Waals surface area contributed by atoms with Crippen LogP contribution in [0.15, 0.2) is 18.2 Å². The molecule has 0 spiro atoms. The number of nitrogens with zero attached hydrogens (tertiary/aromatic N) is 1. The van der Waals surface area contributed by atoms with Crippen LogP contribution in [-0.2, 0) is 10.3 Å². The van der Waals surface area contributed by atoms with E-state index in [-0.39, 0.29) is 11.5 Å². The summed E-state index contributed by atoms with van der Waals surface area (Å²) in [6.45, 7) is 13.0. The van der Waals surface area contributed by atoms with E-state index in [2.05, 4.69) is 46.9 Å². The number of hydrogen-bond acceptors (Lipinski definition) is 3. The number of halogens is 1. The molecule has 0 fully saturated rings. The van der Waals surface area contributed by atoms with Crippen LogP contribution in [0.25, 0.3) is 0 Å². The molecule has 2 atom stereocenters. The molecule has 130 valence electrons. The van der Waals surface area contributed by atoms with Crippen LogP contribution in [0.2, 0.25) is 18.1 Å². The number of fused-ring (bicyclic) bond motifs is 1. The summed E-state index contributed by atoms with van der Waals surface area (Å²) in [5, 5.41) is 14.1. The lowest BCUT2D eigenvalue weighted by Crippen LogP contribution is -2.47. The molecule has 3 nitrogen and oxygen atoms in total. The molecule has 0 radical (unpaired) electrons. The molecule has 23 heavy (non-hydrogen) atoms. The minimum Gasteiger partial charge on any atom is -0.369 e. The maximum atomic E-state index is 11.6. The highest BCUT2D eigenvalue weighted by Crippen LogP contribution is 2.55. The van der Waals surface area contributed by atoms with Crippen LogP contribution in [0.1, 0.15) is 64.1 Å². The molecule has 0 bridgehead atoms. The van der Waals surface area contributed by atoms with Crippen LogP contribution in [-0.4, -0.2) is 19.2 Å². The summed E-state index contributed by atoms with van der Waals surface area (Å²) >= 11 is 6.52.